The van der Waals surface area contributed by atoms with E-state index >= 15 is 0 Å². The molecule has 0 saturated carbocycles. The van der Waals surface area contributed by atoms with Gasteiger partial charge in [-0.25, -0.2) is 0 Å². The van der Waals surface area contributed by atoms with Gasteiger partial charge in [-0.15, -0.1) is 11.3 Å². The molecule has 4 heteroatoms. The second kappa shape index (κ2) is 7.80. The van der Waals surface area contributed by atoms with Crippen molar-refractivity contribution in [1.82, 2.24) is 10.2 Å². The van der Waals surface area contributed by atoms with E-state index in [9.17, 15) is 0 Å². The van der Waals surface area contributed by atoms with Crippen LogP contribution in [0.4, 0.5) is 0 Å². The van der Waals surface area contributed by atoms with E-state index in [1.54, 1.807) is 11.3 Å². The predicted molar refractivity (Wildman–Crippen MR) is 86.3 cm³/mol. The fourth-order valence-electron chi connectivity index (χ4n) is 1.99. The summed E-state index contributed by atoms with van der Waals surface area (Å²) >= 11 is 3.62. The number of nitrogens with one attached hydrogen (secondary N) is 1. The Balaban J connectivity index is 1.60. The Hall–Kier alpha value is -0.680. The van der Waals surface area contributed by atoms with Crippen LogP contribution in [0.1, 0.15) is 23.4 Å². The first-order valence-corrected chi connectivity index (χ1v) is 8.55. The van der Waals surface area contributed by atoms with Gasteiger partial charge < -0.3 is 5.32 Å². The van der Waals surface area contributed by atoms with Crippen molar-refractivity contribution in [3.05, 3.63) is 44.8 Å². The summed E-state index contributed by atoms with van der Waals surface area (Å²) in [6.45, 7) is 5.48. The number of thiophene rings is 2. The van der Waals surface area contributed by atoms with Gasteiger partial charge in [0, 0.05) is 24.0 Å². The SMILES string of the molecule is CC(c1cccs1)N(C)CCNCCc1ccsc1. The van der Waals surface area contributed by atoms with Gasteiger partial charge in [-0.2, -0.15) is 11.3 Å². The topological polar surface area (TPSA) is 15.3 Å². The van der Waals surface area contributed by atoms with Crippen LogP contribution < -0.4 is 5.32 Å². The van der Waals surface area contributed by atoms with Gasteiger partial charge in [0.1, 0.15) is 0 Å². The highest BCUT2D eigenvalue weighted by Crippen LogP contribution is 2.22. The summed E-state index contributed by atoms with van der Waals surface area (Å²) in [5, 5.41) is 10.0. The van der Waals surface area contributed by atoms with Gasteiger partial charge in [-0.3, -0.25) is 4.90 Å². The third kappa shape index (κ3) is 4.73. The van der Waals surface area contributed by atoms with E-state index < -0.39 is 0 Å². The summed E-state index contributed by atoms with van der Waals surface area (Å²) in [6, 6.07) is 7.06. The molecule has 0 aliphatic carbocycles. The number of hydrogen-bond donors (Lipinski definition) is 1. The molecule has 0 aliphatic rings. The average Bonchev–Trinajstić information content (AvgIpc) is 3.10. The average molecular weight is 294 g/mol. The molecule has 0 bridgehead atoms. The molecule has 1 unspecified atom stereocenters. The quantitative estimate of drug-likeness (QED) is 0.748. The Morgan fingerprint density at radius 2 is 2.16 bits per heavy atom. The summed E-state index contributed by atoms with van der Waals surface area (Å²) in [5.41, 5.74) is 1.44. The maximum Gasteiger partial charge on any atom is 0.0410 e. The highest BCUT2D eigenvalue weighted by Gasteiger charge is 2.11. The minimum Gasteiger partial charge on any atom is -0.315 e. The largest absolute Gasteiger partial charge is 0.315 e. The molecule has 0 spiro atoms. The van der Waals surface area contributed by atoms with E-state index in [4.69, 9.17) is 0 Å². The van der Waals surface area contributed by atoms with Crippen LogP contribution >= 0.6 is 22.7 Å². The first-order valence-electron chi connectivity index (χ1n) is 6.73. The third-order valence-corrected chi connectivity index (χ3v) is 5.20. The monoisotopic (exact) mass is 294 g/mol. The number of rotatable bonds is 8. The molecular weight excluding hydrogens is 272 g/mol. The lowest BCUT2D eigenvalue weighted by Crippen LogP contribution is -2.31. The number of likely N-dealkylation sites (N-methyl/N-ethyl adjacent to an activating group) is 1. The van der Waals surface area contributed by atoms with Crippen molar-refractivity contribution in [2.75, 3.05) is 26.7 Å². The maximum absolute atomic E-state index is 3.52. The zero-order valence-corrected chi connectivity index (χ0v) is 13.3. The van der Waals surface area contributed by atoms with Gasteiger partial charge in [0.2, 0.25) is 0 Å². The van der Waals surface area contributed by atoms with Crippen molar-refractivity contribution in [2.45, 2.75) is 19.4 Å². The molecule has 0 saturated heterocycles. The van der Waals surface area contributed by atoms with Crippen LogP contribution in [0, 0.1) is 0 Å². The molecule has 104 valence electrons. The van der Waals surface area contributed by atoms with Gasteiger partial charge in [0.25, 0.3) is 0 Å². The van der Waals surface area contributed by atoms with Gasteiger partial charge in [0.15, 0.2) is 0 Å². The Kier molecular flexibility index (Phi) is 6.04. The molecule has 0 aromatic carbocycles. The first-order chi connectivity index (χ1) is 9.27. The molecule has 19 heavy (non-hydrogen) atoms. The molecule has 0 radical (unpaired) electrons. The van der Waals surface area contributed by atoms with E-state index in [0.717, 1.165) is 26.1 Å². The Bertz CT molecular complexity index is 437. The third-order valence-electron chi connectivity index (χ3n) is 3.43. The van der Waals surface area contributed by atoms with Crippen LogP contribution in [0.15, 0.2) is 34.3 Å². The lowest BCUT2D eigenvalue weighted by molar-refractivity contribution is 0.265. The normalized spacial score (nSPS) is 13.0. The molecule has 1 N–H and O–H groups in total. The highest BCUT2D eigenvalue weighted by molar-refractivity contribution is 7.10. The predicted octanol–water partition coefficient (Wildman–Crippen LogP) is 3.63. The fourth-order valence-corrected chi connectivity index (χ4v) is 3.54. The second-order valence-corrected chi connectivity index (χ2v) is 6.56. The molecule has 0 aliphatic heterocycles. The van der Waals surface area contributed by atoms with Gasteiger partial charge in [0.05, 0.1) is 0 Å². The number of nitrogens with zero attached hydrogens (tertiary/aromatic N) is 1. The lowest BCUT2D eigenvalue weighted by Gasteiger charge is -2.23. The van der Waals surface area contributed by atoms with Crippen LogP contribution in [0.25, 0.3) is 0 Å². The summed E-state index contributed by atoms with van der Waals surface area (Å²) in [7, 11) is 2.20. The Morgan fingerprint density at radius 3 is 2.84 bits per heavy atom. The molecule has 1 atom stereocenters. The molecule has 2 rings (SSSR count). The number of hydrogen-bond acceptors (Lipinski definition) is 4. The minimum atomic E-state index is 0.513. The molecule has 2 aromatic heterocycles. The van der Waals surface area contributed by atoms with Crippen LogP contribution in [-0.4, -0.2) is 31.6 Å². The van der Waals surface area contributed by atoms with Crippen LogP contribution in [0.2, 0.25) is 0 Å². The van der Waals surface area contributed by atoms with E-state index in [-0.39, 0.29) is 0 Å². The molecule has 0 amide bonds. The van der Waals surface area contributed by atoms with Gasteiger partial charge >= 0.3 is 0 Å². The maximum atomic E-state index is 3.52. The Morgan fingerprint density at radius 1 is 1.26 bits per heavy atom. The van der Waals surface area contributed by atoms with Crippen molar-refractivity contribution >= 4 is 22.7 Å². The van der Waals surface area contributed by atoms with Crippen molar-refractivity contribution in [3.63, 3.8) is 0 Å². The lowest BCUT2D eigenvalue weighted by atomic mass is 10.2. The zero-order chi connectivity index (χ0) is 13.5. The first kappa shape index (κ1) is 14.7. The molecule has 0 fully saturated rings. The molecule has 2 aromatic rings. The van der Waals surface area contributed by atoms with Crippen molar-refractivity contribution in [2.24, 2.45) is 0 Å². The molecular formula is C15H22N2S2. The Labute approximate surface area is 124 Å². The van der Waals surface area contributed by atoms with E-state index in [1.807, 2.05) is 11.3 Å². The van der Waals surface area contributed by atoms with E-state index in [0.29, 0.717) is 6.04 Å². The summed E-state index contributed by atoms with van der Waals surface area (Å²) < 4.78 is 0. The summed E-state index contributed by atoms with van der Waals surface area (Å²) in [5.74, 6) is 0. The van der Waals surface area contributed by atoms with Crippen molar-refractivity contribution < 1.29 is 0 Å². The van der Waals surface area contributed by atoms with Crippen LogP contribution in [0.5, 0.6) is 0 Å². The fraction of sp³-hybridized carbons (Fsp3) is 0.467. The summed E-state index contributed by atoms with van der Waals surface area (Å²) in [4.78, 5) is 3.85. The van der Waals surface area contributed by atoms with Gasteiger partial charge in [-0.1, -0.05) is 6.07 Å². The van der Waals surface area contributed by atoms with Crippen LogP contribution in [-0.2, 0) is 6.42 Å². The smallest absolute Gasteiger partial charge is 0.0410 e. The van der Waals surface area contributed by atoms with Crippen molar-refractivity contribution in [1.29, 1.82) is 0 Å². The highest BCUT2D eigenvalue weighted by atomic mass is 32.1. The van der Waals surface area contributed by atoms with Crippen molar-refractivity contribution in [3.8, 4) is 0 Å². The van der Waals surface area contributed by atoms with Crippen LogP contribution in [0.3, 0.4) is 0 Å². The standard InChI is InChI=1S/C15H22N2S2/c1-13(15-4-3-10-19-15)17(2)9-8-16-7-5-14-6-11-18-12-14/h3-4,6,10-13,16H,5,7-9H2,1-2H3. The zero-order valence-electron chi connectivity index (χ0n) is 11.6. The summed E-state index contributed by atoms with van der Waals surface area (Å²) in [6.07, 6.45) is 1.13. The second-order valence-electron chi connectivity index (χ2n) is 4.80. The van der Waals surface area contributed by atoms with E-state index in [2.05, 4.69) is 58.5 Å². The van der Waals surface area contributed by atoms with Gasteiger partial charge in [-0.05, 0) is 60.8 Å². The molecule has 2 heterocycles. The molecule has 2 nitrogen and oxygen atoms in total. The minimum absolute atomic E-state index is 0.513. The van der Waals surface area contributed by atoms with E-state index in [1.165, 1.54) is 10.4 Å².